The SMILES string of the molecule is CCOC(=O)C1CCCN(C(=O)c2csc(CN(CCc3ccc(OC)c(OC)c3)Cc3ccc(Cl)cc3)n2)C1. The van der Waals surface area contributed by atoms with Gasteiger partial charge in [0.1, 0.15) is 10.7 Å². The lowest BCUT2D eigenvalue weighted by Crippen LogP contribution is -2.43. The topological polar surface area (TPSA) is 81.2 Å². The van der Waals surface area contributed by atoms with Crippen LogP contribution in [0.4, 0.5) is 0 Å². The standard InChI is InChI=1S/C30H36ClN3O5S/c1-4-39-30(36)23-6-5-14-34(18-23)29(35)25-20-40-28(32-25)19-33(17-22-7-10-24(31)11-8-22)15-13-21-9-12-26(37-2)27(16-21)38-3/h7-12,16,20,23H,4-6,13-15,17-19H2,1-3H3. The molecule has 10 heteroatoms. The van der Waals surface area contributed by atoms with Gasteiger partial charge >= 0.3 is 5.97 Å². The van der Waals surface area contributed by atoms with Crippen LogP contribution < -0.4 is 9.47 Å². The molecule has 1 aromatic heterocycles. The molecule has 1 fully saturated rings. The molecule has 1 saturated heterocycles. The number of methoxy groups -OCH3 is 2. The number of thiazole rings is 1. The van der Waals surface area contributed by atoms with Crippen molar-refractivity contribution in [3.05, 3.63) is 74.7 Å². The number of carbonyl (C=O) groups excluding carboxylic acids is 2. The lowest BCUT2D eigenvalue weighted by Gasteiger charge is -2.31. The Bertz CT molecular complexity index is 1280. The van der Waals surface area contributed by atoms with Gasteiger partial charge in [-0.15, -0.1) is 11.3 Å². The van der Waals surface area contributed by atoms with Gasteiger partial charge in [0.15, 0.2) is 11.5 Å². The van der Waals surface area contributed by atoms with Gasteiger partial charge in [0.05, 0.1) is 33.3 Å². The van der Waals surface area contributed by atoms with Crippen LogP contribution in [0.25, 0.3) is 0 Å². The summed E-state index contributed by atoms with van der Waals surface area (Å²) in [6.45, 7) is 5.21. The second kappa shape index (κ2) is 14.5. The number of halogens is 1. The van der Waals surface area contributed by atoms with Crippen molar-refractivity contribution in [2.75, 3.05) is 40.5 Å². The number of likely N-dealkylation sites (tertiary alicyclic amines) is 1. The second-order valence-corrected chi connectivity index (χ2v) is 11.1. The maximum Gasteiger partial charge on any atom is 0.310 e. The van der Waals surface area contributed by atoms with E-state index in [0.29, 0.717) is 55.0 Å². The van der Waals surface area contributed by atoms with E-state index in [2.05, 4.69) is 4.90 Å². The molecule has 4 rings (SSSR count). The number of piperidine rings is 1. The molecule has 1 unspecified atom stereocenters. The van der Waals surface area contributed by atoms with Crippen molar-refractivity contribution < 1.29 is 23.8 Å². The summed E-state index contributed by atoms with van der Waals surface area (Å²) >= 11 is 7.59. The summed E-state index contributed by atoms with van der Waals surface area (Å²) in [7, 11) is 3.26. The van der Waals surface area contributed by atoms with E-state index < -0.39 is 0 Å². The number of hydrogen-bond donors (Lipinski definition) is 0. The van der Waals surface area contributed by atoms with E-state index in [-0.39, 0.29) is 17.8 Å². The Kier molecular flexibility index (Phi) is 10.8. The van der Waals surface area contributed by atoms with Gasteiger partial charge in [0, 0.05) is 36.6 Å². The van der Waals surface area contributed by atoms with E-state index in [1.54, 1.807) is 26.0 Å². The summed E-state index contributed by atoms with van der Waals surface area (Å²) in [5, 5.41) is 3.38. The third kappa shape index (κ3) is 7.96. The number of aromatic nitrogens is 1. The van der Waals surface area contributed by atoms with E-state index in [1.165, 1.54) is 11.3 Å². The molecule has 0 saturated carbocycles. The molecule has 0 spiro atoms. The first-order chi connectivity index (χ1) is 19.4. The van der Waals surface area contributed by atoms with E-state index >= 15 is 0 Å². The quantitative estimate of drug-likeness (QED) is 0.261. The van der Waals surface area contributed by atoms with E-state index in [0.717, 1.165) is 41.9 Å². The highest BCUT2D eigenvalue weighted by molar-refractivity contribution is 7.09. The molecule has 1 amide bonds. The van der Waals surface area contributed by atoms with Crippen molar-refractivity contribution >= 4 is 34.8 Å². The van der Waals surface area contributed by atoms with Crippen molar-refractivity contribution in [1.29, 1.82) is 0 Å². The van der Waals surface area contributed by atoms with Crippen molar-refractivity contribution in [3.63, 3.8) is 0 Å². The van der Waals surface area contributed by atoms with E-state index in [1.807, 2.05) is 47.8 Å². The summed E-state index contributed by atoms with van der Waals surface area (Å²) in [4.78, 5) is 34.2. The Hall–Kier alpha value is -3.14. The van der Waals surface area contributed by atoms with E-state index in [4.69, 9.17) is 30.8 Å². The zero-order valence-electron chi connectivity index (χ0n) is 23.2. The Labute approximate surface area is 244 Å². The van der Waals surface area contributed by atoms with Crippen LogP contribution in [0.5, 0.6) is 11.5 Å². The number of hydrogen-bond acceptors (Lipinski definition) is 8. The van der Waals surface area contributed by atoms with Crippen LogP contribution in [0.15, 0.2) is 47.8 Å². The molecule has 0 N–H and O–H groups in total. The molecule has 214 valence electrons. The Morgan fingerprint density at radius 3 is 2.55 bits per heavy atom. The van der Waals surface area contributed by atoms with Crippen LogP contribution in [0, 0.1) is 5.92 Å². The lowest BCUT2D eigenvalue weighted by atomic mass is 9.98. The molecule has 0 bridgehead atoms. The Morgan fingerprint density at radius 1 is 1.07 bits per heavy atom. The molecule has 1 atom stereocenters. The zero-order valence-corrected chi connectivity index (χ0v) is 24.8. The van der Waals surface area contributed by atoms with Gasteiger partial charge in [-0.25, -0.2) is 4.98 Å². The highest BCUT2D eigenvalue weighted by Gasteiger charge is 2.30. The van der Waals surface area contributed by atoms with Crippen LogP contribution in [-0.2, 0) is 29.0 Å². The summed E-state index contributed by atoms with van der Waals surface area (Å²) < 4.78 is 16.0. The molecule has 8 nitrogen and oxygen atoms in total. The highest BCUT2D eigenvalue weighted by Crippen LogP contribution is 2.28. The Balaban J connectivity index is 1.44. The predicted octanol–water partition coefficient (Wildman–Crippen LogP) is 5.47. The molecule has 2 aromatic carbocycles. The molecule has 0 radical (unpaired) electrons. The third-order valence-electron chi connectivity index (χ3n) is 6.94. The van der Waals surface area contributed by atoms with Crippen molar-refractivity contribution in [1.82, 2.24) is 14.8 Å². The number of nitrogens with zero attached hydrogens (tertiary/aromatic N) is 3. The van der Waals surface area contributed by atoms with Gasteiger partial charge in [-0.3, -0.25) is 14.5 Å². The monoisotopic (exact) mass is 585 g/mol. The fourth-order valence-electron chi connectivity index (χ4n) is 4.83. The van der Waals surface area contributed by atoms with Crippen molar-refractivity contribution in [2.24, 2.45) is 5.92 Å². The molecule has 3 aromatic rings. The first-order valence-electron chi connectivity index (χ1n) is 13.5. The first-order valence-corrected chi connectivity index (χ1v) is 14.7. The number of carbonyl (C=O) groups is 2. The normalized spacial score (nSPS) is 15.2. The van der Waals surface area contributed by atoms with Crippen molar-refractivity contribution in [2.45, 2.75) is 39.3 Å². The molecule has 40 heavy (non-hydrogen) atoms. The first kappa shape index (κ1) is 29.8. The maximum absolute atomic E-state index is 13.2. The van der Waals surface area contributed by atoms with Gasteiger partial charge in [-0.05, 0) is 61.6 Å². The largest absolute Gasteiger partial charge is 0.493 e. The summed E-state index contributed by atoms with van der Waals surface area (Å²) in [5.41, 5.74) is 2.70. The average Bonchev–Trinajstić information content (AvgIpc) is 3.45. The maximum atomic E-state index is 13.2. The van der Waals surface area contributed by atoms with Crippen LogP contribution in [-0.4, -0.2) is 67.1 Å². The van der Waals surface area contributed by atoms with Crippen LogP contribution >= 0.6 is 22.9 Å². The molecule has 1 aliphatic heterocycles. The minimum atomic E-state index is -0.276. The smallest absolute Gasteiger partial charge is 0.310 e. The van der Waals surface area contributed by atoms with Gasteiger partial charge in [-0.2, -0.15) is 0 Å². The molecule has 0 aliphatic carbocycles. The average molecular weight is 586 g/mol. The van der Waals surface area contributed by atoms with Gasteiger partial charge in [0.25, 0.3) is 5.91 Å². The Morgan fingerprint density at radius 2 is 1.82 bits per heavy atom. The predicted molar refractivity (Wildman–Crippen MR) is 156 cm³/mol. The van der Waals surface area contributed by atoms with Gasteiger partial charge in [-0.1, -0.05) is 29.8 Å². The summed E-state index contributed by atoms with van der Waals surface area (Å²) in [5.74, 6) is 0.765. The molecule has 1 aliphatic rings. The zero-order chi connectivity index (χ0) is 28.5. The highest BCUT2D eigenvalue weighted by atomic mass is 35.5. The van der Waals surface area contributed by atoms with Crippen LogP contribution in [0.1, 0.15) is 46.4 Å². The number of ether oxygens (including phenoxy) is 3. The number of esters is 1. The second-order valence-electron chi connectivity index (χ2n) is 9.75. The summed E-state index contributed by atoms with van der Waals surface area (Å²) in [6, 6.07) is 13.8. The molecule has 2 heterocycles. The van der Waals surface area contributed by atoms with Crippen LogP contribution in [0.2, 0.25) is 5.02 Å². The number of rotatable bonds is 12. The fourth-order valence-corrected chi connectivity index (χ4v) is 5.77. The minimum absolute atomic E-state index is 0.133. The number of benzene rings is 2. The third-order valence-corrected chi connectivity index (χ3v) is 8.03. The molecular formula is C30H36ClN3O5S. The fraction of sp³-hybridized carbons (Fsp3) is 0.433. The molecular weight excluding hydrogens is 550 g/mol. The van der Waals surface area contributed by atoms with Gasteiger partial charge in [0.2, 0.25) is 0 Å². The number of amides is 1. The summed E-state index contributed by atoms with van der Waals surface area (Å²) in [6.07, 6.45) is 2.32. The van der Waals surface area contributed by atoms with E-state index in [9.17, 15) is 9.59 Å². The lowest BCUT2D eigenvalue weighted by molar-refractivity contribution is -0.149. The van der Waals surface area contributed by atoms with Gasteiger partial charge < -0.3 is 19.1 Å². The van der Waals surface area contributed by atoms with Crippen molar-refractivity contribution in [3.8, 4) is 11.5 Å². The van der Waals surface area contributed by atoms with Crippen LogP contribution in [0.3, 0.4) is 0 Å². The minimum Gasteiger partial charge on any atom is -0.493 e.